The number of hydrogen-bond acceptors (Lipinski definition) is 11. The Balaban J connectivity index is 1.64. The lowest BCUT2D eigenvalue weighted by Crippen LogP contribution is -2.31. The van der Waals surface area contributed by atoms with Gasteiger partial charge in [0.15, 0.2) is 5.12 Å². The van der Waals surface area contributed by atoms with Gasteiger partial charge in [-0.05, 0) is 25.5 Å². The standard InChI is InChI=1S/C24H35N4O8PS/c1-16-20(30)18(36-21(16)28-10-9-19(25)27-23(28)32)14-35-37(33,26-13-17-7-5-4-6-8-17)34-11-12-38-22(31)24(2,3)15-29/h4-10,16,18,20-21,29-30H,11-15H2,1-3H3,(H,26,33)(H2,25,27,32)/t16-,18+,20-,21+,37?/m0/s1. The second kappa shape index (κ2) is 13.3. The van der Waals surface area contributed by atoms with Crippen LogP contribution in [0, 0.1) is 11.3 Å². The molecule has 1 aliphatic rings. The minimum absolute atomic E-state index is 0.0692. The van der Waals surface area contributed by atoms with Gasteiger partial charge in [-0.1, -0.05) is 49.0 Å². The molecule has 0 amide bonds. The van der Waals surface area contributed by atoms with Crippen molar-refractivity contribution in [3.8, 4) is 0 Å². The first kappa shape index (κ1) is 30.5. The highest BCUT2D eigenvalue weighted by Crippen LogP contribution is 2.46. The van der Waals surface area contributed by atoms with Gasteiger partial charge >= 0.3 is 13.4 Å². The zero-order chi connectivity index (χ0) is 27.9. The van der Waals surface area contributed by atoms with Crippen LogP contribution in [-0.4, -0.2) is 62.7 Å². The molecule has 3 rings (SSSR count). The summed E-state index contributed by atoms with van der Waals surface area (Å²) in [5, 5.41) is 22.7. The molecule has 5 atom stereocenters. The molecule has 0 spiro atoms. The fraction of sp³-hybridized carbons (Fsp3) is 0.542. The number of nitrogen functional groups attached to an aromatic ring is 1. The Bertz CT molecular complexity index is 1180. The first-order chi connectivity index (χ1) is 18.0. The lowest BCUT2D eigenvalue weighted by molar-refractivity contribution is -0.119. The average molecular weight is 571 g/mol. The summed E-state index contributed by atoms with van der Waals surface area (Å²) < 4.78 is 31.9. The zero-order valence-corrected chi connectivity index (χ0v) is 23.3. The predicted octanol–water partition coefficient (Wildman–Crippen LogP) is 1.93. The normalized spacial score (nSPS) is 23.3. The average Bonchev–Trinajstić information content (AvgIpc) is 3.18. The fourth-order valence-electron chi connectivity index (χ4n) is 3.60. The lowest BCUT2D eigenvalue weighted by Gasteiger charge is -2.23. The molecule has 1 saturated heterocycles. The van der Waals surface area contributed by atoms with E-state index in [1.165, 1.54) is 16.8 Å². The number of nitrogens with two attached hydrogens (primary N) is 1. The Kier molecular flexibility index (Phi) is 10.7. The quantitative estimate of drug-likeness (QED) is 0.204. The summed E-state index contributed by atoms with van der Waals surface area (Å²) in [5.74, 6) is -0.238. The number of nitrogens with zero attached hydrogens (tertiary/aromatic N) is 2. The number of rotatable bonds is 13. The van der Waals surface area contributed by atoms with E-state index in [-0.39, 0.29) is 43.1 Å². The molecule has 1 aliphatic heterocycles. The van der Waals surface area contributed by atoms with Gasteiger partial charge in [0, 0.05) is 24.4 Å². The van der Waals surface area contributed by atoms with Crippen LogP contribution in [0.3, 0.4) is 0 Å². The monoisotopic (exact) mass is 570 g/mol. The highest BCUT2D eigenvalue weighted by Gasteiger charge is 2.43. The topological polar surface area (TPSA) is 175 Å². The van der Waals surface area contributed by atoms with Crippen LogP contribution in [-0.2, 0) is 29.7 Å². The third-order valence-electron chi connectivity index (χ3n) is 6.06. The molecule has 38 heavy (non-hydrogen) atoms. The number of aromatic nitrogens is 2. The predicted molar refractivity (Wildman–Crippen MR) is 143 cm³/mol. The van der Waals surface area contributed by atoms with Crippen LogP contribution in [0.15, 0.2) is 47.4 Å². The Morgan fingerprint density at radius 3 is 2.66 bits per heavy atom. The summed E-state index contributed by atoms with van der Waals surface area (Å²) in [5.41, 5.74) is 4.88. The molecule has 12 nitrogen and oxygen atoms in total. The van der Waals surface area contributed by atoms with E-state index in [2.05, 4.69) is 10.1 Å². The number of hydrogen-bond donors (Lipinski definition) is 4. The number of anilines is 1. The van der Waals surface area contributed by atoms with Gasteiger partial charge in [-0.3, -0.25) is 18.4 Å². The maximum Gasteiger partial charge on any atom is 0.405 e. The van der Waals surface area contributed by atoms with Crippen LogP contribution in [0.2, 0.25) is 0 Å². The van der Waals surface area contributed by atoms with Gasteiger partial charge in [-0.15, -0.1) is 0 Å². The van der Waals surface area contributed by atoms with Crippen molar-refractivity contribution in [3.63, 3.8) is 0 Å². The van der Waals surface area contributed by atoms with Gasteiger partial charge in [0.05, 0.1) is 31.3 Å². The third kappa shape index (κ3) is 7.96. The molecule has 1 unspecified atom stereocenters. The molecule has 1 aromatic carbocycles. The molecule has 1 aromatic heterocycles. The molecule has 2 aromatic rings. The van der Waals surface area contributed by atoms with Crippen LogP contribution >= 0.6 is 19.5 Å². The van der Waals surface area contributed by atoms with Gasteiger partial charge in [-0.2, -0.15) is 4.98 Å². The van der Waals surface area contributed by atoms with E-state index in [4.69, 9.17) is 19.5 Å². The van der Waals surface area contributed by atoms with Crippen LogP contribution in [0.4, 0.5) is 5.82 Å². The van der Waals surface area contributed by atoms with Crippen molar-refractivity contribution in [2.75, 3.05) is 31.3 Å². The van der Waals surface area contributed by atoms with Crippen LogP contribution < -0.4 is 16.5 Å². The number of ether oxygens (including phenoxy) is 1. The number of carbonyl (C=O) groups excluding carboxylic acids is 1. The van der Waals surface area contributed by atoms with Crippen molar-refractivity contribution in [2.45, 2.75) is 45.8 Å². The maximum atomic E-state index is 13.6. The van der Waals surface area contributed by atoms with Crippen LogP contribution in [0.1, 0.15) is 32.6 Å². The first-order valence-electron chi connectivity index (χ1n) is 12.1. The molecular formula is C24H35N4O8PS. The van der Waals surface area contributed by atoms with Crippen LogP contribution in [0.5, 0.6) is 0 Å². The number of aliphatic hydroxyl groups excluding tert-OH is 2. The molecule has 2 heterocycles. The van der Waals surface area contributed by atoms with E-state index in [0.29, 0.717) is 0 Å². The van der Waals surface area contributed by atoms with Gasteiger partial charge in [-0.25, -0.2) is 14.4 Å². The van der Waals surface area contributed by atoms with Gasteiger partial charge < -0.3 is 20.7 Å². The molecule has 0 bridgehead atoms. The number of carbonyl (C=O) groups is 1. The SMILES string of the molecule is C[C@H]1[C@H](O)[C@@H](COP(=O)(NCc2ccccc2)OCCSC(=O)C(C)(C)CO)O[C@H]1n1ccc(N)nc1=O. The van der Waals surface area contributed by atoms with Crippen molar-refractivity contribution < 1.29 is 33.4 Å². The summed E-state index contributed by atoms with van der Waals surface area (Å²) in [6.07, 6.45) is -1.32. The molecule has 210 valence electrons. The highest BCUT2D eigenvalue weighted by molar-refractivity contribution is 8.13. The smallest absolute Gasteiger partial charge is 0.395 e. The van der Waals surface area contributed by atoms with E-state index in [9.17, 15) is 24.4 Å². The van der Waals surface area contributed by atoms with Crippen molar-refractivity contribution in [1.29, 1.82) is 0 Å². The summed E-state index contributed by atoms with van der Waals surface area (Å²) in [4.78, 5) is 28.2. The van der Waals surface area contributed by atoms with E-state index < -0.39 is 43.2 Å². The van der Waals surface area contributed by atoms with Gasteiger partial charge in [0.1, 0.15) is 18.1 Å². The number of aliphatic hydroxyl groups is 2. The minimum atomic E-state index is -3.91. The maximum absolute atomic E-state index is 13.6. The van der Waals surface area contributed by atoms with E-state index in [1.807, 2.05) is 30.3 Å². The Morgan fingerprint density at radius 2 is 2.00 bits per heavy atom. The van der Waals surface area contributed by atoms with Crippen molar-refractivity contribution >= 4 is 30.4 Å². The van der Waals surface area contributed by atoms with E-state index in [0.717, 1.165) is 17.3 Å². The van der Waals surface area contributed by atoms with Crippen LogP contribution in [0.25, 0.3) is 0 Å². The second-order valence-electron chi connectivity index (χ2n) is 9.58. The molecule has 0 saturated carbocycles. The summed E-state index contributed by atoms with van der Waals surface area (Å²) in [7, 11) is -3.91. The molecule has 5 N–H and O–H groups in total. The van der Waals surface area contributed by atoms with E-state index in [1.54, 1.807) is 20.8 Å². The summed E-state index contributed by atoms with van der Waals surface area (Å²) >= 11 is 0.967. The van der Waals surface area contributed by atoms with Crippen molar-refractivity contribution in [3.05, 3.63) is 58.6 Å². The molecule has 0 radical (unpaired) electrons. The first-order valence-corrected chi connectivity index (χ1v) is 14.6. The van der Waals surface area contributed by atoms with E-state index >= 15 is 0 Å². The second-order valence-corrected chi connectivity index (χ2v) is 12.5. The molecule has 14 heteroatoms. The Hall–Kier alpha value is -2.09. The number of benzene rings is 1. The number of nitrogens with one attached hydrogen (secondary N) is 1. The van der Waals surface area contributed by atoms with Crippen molar-refractivity contribution in [1.82, 2.24) is 14.6 Å². The summed E-state index contributed by atoms with van der Waals surface area (Å²) in [6, 6.07) is 10.7. The lowest BCUT2D eigenvalue weighted by atomic mass is 9.97. The highest BCUT2D eigenvalue weighted by atomic mass is 32.2. The molecular weight excluding hydrogens is 535 g/mol. The Morgan fingerprint density at radius 1 is 1.29 bits per heavy atom. The minimum Gasteiger partial charge on any atom is -0.395 e. The number of thioether (sulfide) groups is 1. The largest absolute Gasteiger partial charge is 0.405 e. The Labute approximate surface area is 225 Å². The van der Waals surface area contributed by atoms with Gasteiger partial charge in [0.2, 0.25) is 0 Å². The molecule has 0 aliphatic carbocycles. The fourth-order valence-corrected chi connectivity index (χ4v) is 5.84. The zero-order valence-electron chi connectivity index (χ0n) is 21.6. The third-order valence-corrected chi connectivity index (χ3v) is 8.81. The van der Waals surface area contributed by atoms with Crippen molar-refractivity contribution in [2.24, 2.45) is 11.3 Å². The summed E-state index contributed by atoms with van der Waals surface area (Å²) in [6.45, 7) is 4.51. The van der Waals surface area contributed by atoms with Gasteiger partial charge in [0.25, 0.3) is 0 Å². The molecule has 1 fully saturated rings.